The quantitative estimate of drug-likeness (QED) is 0.901. The third kappa shape index (κ3) is 2.92. The van der Waals surface area contributed by atoms with E-state index >= 15 is 0 Å². The monoisotopic (exact) mass is 277 g/mol. The number of hydrogen-bond acceptors (Lipinski definition) is 4. The van der Waals surface area contributed by atoms with Crippen LogP contribution in [-0.2, 0) is 0 Å². The summed E-state index contributed by atoms with van der Waals surface area (Å²) in [7, 11) is 1.54. The Morgan fingerprint density at radius 2 is 1.89 bits per heavy atom. The molecule has 5 nitrogen and oxygen atoms in total. The molecule has 6 heteroatoms. The molecule has 2 aromatic rings. The van der Waals surface area contributed by atoms with Crippen molar-refractivity contribution in [3.05, 3.63) is 46.2 Å². The summed E-state index contributed by atoms with van der Waals surface area (Å²) in [6, 6.07) is 6.56. The number of carbonyl (C=O) groups excluding carboxylic acids is 1. The summed E-state index contributed by atoms with van der Waals surface area (Å²) in [6.07, 6.45) is 0. The van der Waals surface area contributed by atoms with Crippen LogP contribution in [0, 0.1) is 0 Å². The predicted molar refractivity (Wildman–Crippen MR) is 72.2 cm³/mol. The Bertz CT molecular complexity index is 603. The van der Waals surface area contributed by atoms with Crippen LogP contribution >= 0.6 is 11.3 Å². The highest BCUT2D eigenvalue weighted by Crippen LogP contribution is 2.22. The Kier molecular flexibility index (Phi) is 3.82. The molecule has 0 aliphatic heterocycles. The summed E-state index contributed by atoms with van der Waals surface area (Å²) in [5, 5.41) is 14.6. The van der Waals surface area contributed by atoms with Crippen molar-refractivity contribution in [3.8, 4) is 5.75 Å². The number of amides is 1. The van der Waals surface area contributed by atoms with Crippen LogP contribution in [0.5, 0.6) is 5.75 Å². The third-order valence-electron chi connectivity index (χ3n) is 2.49. The first-order valence-corrected chi connectivity index (χ1v) is 6.31. The van der Waals surface area contributed by atoms with Gasteiger partial charge in [0.25, 0.3) is 5.91 Å². The molecule has 98 valence electrons. The van der Waals surface area contributed by atoms with Gasteiger partial charge in [-0.2, -0.15) is 0 Å². The zero-order valence-electron chi connectivity index (χ0n) is 10.0. The minimum Gasteiger partial charge on any atom is -0.497 e. The van der Waals surface area contributed by atoms with E-state index in [4.69, 9.17) is 9.84 Å². The van der Waals surface area contributed by atoms with Crippen molar-refractivity contribution < 1.29 is 19.4 Å². The Balaban J connectivity index is 2.16. The maximum absolute atomic E-state index is 11.9. The summed E-state index contributed by atoms with van der Waals surface area (Å²) in [5.74, 6) is -0.770. The number of nitrogens with one attached hydrogen (secondary N) is 1. The second kappa shape index (κ2) is 5.53. The number of carboxylic acid groups (broad SMARTS) is 1. The van der Waals surface area contributed by atoms with Crippen molar-refractivity contribution in [2.24, 2.45) is 0 Å². The van der Waals surface area contributed by atoms with Crippen molar-refractivity contribution in [1.29, 1.82) is 0 Å². The number of methoxy groups -OCH3 is 1. The maximum atomic E-state index is 11.9. The Labute approximate surface area is 113 Å². The Morgan fingerprint density at radius 1 is 1.21 bits per heavy atom. The van der Waals surface area contributed by atoms with Crippen molar-refractivity contribution >= 4 is 28.9 Å². The molecule has 0 bridgehead atoms. The smallest absolute Gasteiger partial charge is 0.338 e. The molecular weight excluding hydrogens is 266 g/mol. The third-order valence-corrected chi connectivity index (χ3v) is 3.24. The second-order valence-corrected chi connectivity index (χ2v) is 4.43. The van der Waals surface area contributed by atoms with Gasteiger partial charge in [0.2, 0.25) is 0 Å². The van der Waals surface area contributed by atoms with Crippen LogP contribution in [0.15, 0.2) is 35.0 Å². The molecule has 0 aliphatic carbocycles. The maximum Gasteiger partial charge on any atom is 0.338 e. The van der Waals surface area contributed by atoms with Crippen molar-refractivity contribution in [2.75, 3.05) is 12.4 Å². The van der Waals surface area contributed by atoms with Crippen LogP contribution in [0.3, 0.4) is 0 Å². The lowest BCUT2D eigenvalue weighted by Gasteiger charge is -2.05. The molecule has 0 unspecified atom stereocenters. The number of carbonyl (C=O) groups is 2. The molecule has 2 N–H and O–H groups in total. The highest BCUT2D eigenvalue weighted by atomic mass is 32.1. The van der Waals surface area contributed by atoms with E-state index in [-0.39, 0.29) is 11.5 Å². The number of rotatable bonds is 4. The molecule has 1 amide bonds. The van der Waals surface area contributed by atoms with E-state index < -0.39 is 5.97 Å². The van der Waals surface area contributed by atoms with Crippen LogP contribution in [0.25, 0.3) is 0 Å². The summed E-state index contributed by atoms with van der Waals surface area (Å²) in [5.41, 5.74) is 0.827. The molecule has 1 aromatic carbocycles. The van der Waals surface area contributed by atoms with Gasteiger partial charge in [0.05, 0.1) is 18.4 Å². The number of thiophene rings is 1. The first-order valence-electron chi connectivity index (χ1n) is 5.36. The molecular formula is C13H11NO4S. The highest BCUT2D eigenvalue weighted by molar-refractivity contribution is 7.08. The van der Waals surface area contributed by atoms with Crippen LogP contribution in [0.4, 0.5) is 5.69 Å². The van der Waals surface area contributed by atoms with Gasteiger partial charge in [-0.25, -0.2) is 4.79 Å². The van der Waals surface area contributed by atoms with Gasteiger partial charge in [0.1, 0.15) is 5.75 Å². The van der Waals surface area contributed by atoms with Crippen LogP contribution in [0.1, 0.15) is 20.7 Å². The van der Waals surface area contributed by atoms with E-state index in [0.29, 0.717) is 17.0 Å². The fraction of sp³-hybridized carbons (Fsp3) is 0.0769. The first kappa shape index (κ1) is 13.1. The number of aromatic carboxylic acids is 1. The predicted octanol–water partition coefficient (Wildman–Crippen LogP) is 2.71. The summed E-state index contributed by atoms with van der Waals surface area (Å²) >= 11 is 1.22. The SMILES string of the molecule is COc1ccc(C(=O)Nc2cscc2C(=O)O)cc1. The van der Waals surface area contributed by atoms with Gasteiger partial charge in [0, 0.05) is 16.3 Å². The number of ether oxygens (including phenoxy) is 1. The van der Waals surface area contributed by atoms with Gasteiger partial charge < -0.3 is 15.2 Å². The van der Waals surface area contributed by atoms with E-state index in [0.717, 1.165) is 0 Å². The van der Waals surface area contributed by atoms with Crippen molar-refractivity contribution in [1.82, 2.24) is 0 Å². The van der Waals surface area contributed by atoms with Gasteiger partial charge in [-0.05, 0) is 24.3 Å². The fourth-order valence-corrected chi connectivity index (χ4v) is 2.25. The van der Waals surface area contributed by atoms with Gasteiger partial charge in [-0.15, -0.1) is 11.3 Å². The molecule has 0 saturated heterocycles. The molecule has 0 radical (unpaired) electrons. The van der Waals surface area contributed by atoms with Gasteiger partial charge in [0.15, 0.2) is 0 Å². The van der Waals surface area contributed by atoms with Crippen LogP contribution in [-0.4, -0.2) is 24.1 Å². The number of hydrogen-bond donors (Lipinski definition) is 2. The molecule has 19 heavy (non-hydrogen) atoms. The van der Waals surface area contributed by atoms with Gasteiger partial charge in [-0.1, -0.05) is 0 Å². The molecule has 0 saturated carbocycles. The van der Waals surface area contributed by atoms with E-state index in [9.17, 15) is 9.59 Å². The molecule has 1 heterocycles. The fourth-order valence-electron chi connectivity index (χ4n) is 1.50. The molecule has 0 spiro atoms. The van der Waals surface area contributed by atoms with E-state index in [1.54, 1.807) is 36.8 Å². The van der Waals surface area contributed by atoms with Gasteiger partial charge in [-0.3, -0.25) is 4.79 Å². The minimum absolute atomic E-state index is 0.0897. The zero-order chi connectivity index (χ0) is 13.8. The Morgan fingerprint density at radius 3 is 2.47 bits per heavy atom. The lowest BCUT2D eigenvalue weighted by molar-refractivity contribution is 0.0698. The number of benzene rings is 1. The Hall–Kier alpha value is -2.34. The number of carboxylic acids is 1. The molecule has 0 aliphatic rings. The summed E-state index contributed by atoms with van der Waals surface area (Å²) in [4.78, 5) is 22.9. The molecule has 0 fully saturated rings. The van der Waals surface area contributed by atoms with E-state index in [1.807, 2.05) is 0 Å². The largest absolute Gasteiger partial charge is 0.497 e. The second-order valence-electron chi connectivity index (χ2n) is 3.69. The summed E-state index contributed by atoms with van der Waals surface area (Å²) < 4.78 is 5.00. The van der Waals surface area contributed by atoms with Crippen LogP contribution < -0.4 is 10.1 Å². The molecule has 2 rings (SSSR count). The molecule has 0 atom stereocenters. The molecule has 1 aromatic heterocycles. The van der Waals surface area contributed by atoms with E-state index in [2.05, 4.69) is 5.32 Å². The van der Waals surface area contributed by atoms with Crippen molar-refractivity contribution in [2.45, 2.75) is 0 Å². The zero-order valence-corrected chi connectivity index (χ0v) is 10.9. The van der Waals surface area contributed by atoms with Gasteiger partial charge >= 0.3 is 5.97 Å². The number of anilines is 1. The highest BCUT2D eigenvalue weighted by Gasteiger charge is 2.14. The topological polar surface area (TPSA) is 75.6 Å². The summed E-state index contributed by atoms with van der Waals surface area (Å²) in [6.45, 7) is 0. The minimum atomic E-state index is -1.06. The van der Waals surface area contributed by atoms with Crippen molar-refractivity contribution in [3.63, 3.8) is 0 Å². The average molecular weight is 277 g/mol. The lowest BCUT2D eigenvalue weighted by Crippen LogP contribution is -2.13. The van der Waals surface area contributed by atoms with Crippen LogP contribution in [0.2, 0.25) is 0 Å². The van der Waals surface area contributed by atoms with E-state index in [1.165, 1.54) is 16.7 Å². The normalized spacial score (nSPS) is 9.95. The average Bonchev–Trinajstić information content (AvgIpc) is 2.87. The first-order chi connectivity index (χ1) is 9.11. The lowest BCUT2D eigenvalue weighted by atomic mass is 10.2. The standard InChI is InChI=1S/C13H11NO4S/c1-18-9-4-2-8(3-5-9)12(15)14-11-7-19-6-10(11)13(16)17/h2-7H,1H3,(H,14,15)(H,16,17).